The number of carbonyl (C=O) groups is 1. The second-order valence-corrected chi connectivity index (χ2v) is 4.51. The lowest BCUT2D eigenvalue weighted by atomic mass is 9.98. The van der Waals surface area contributed by atoms with Crippen LogP contribution in [0.1, 0.15) is 46.0 Å². The van der Waals surface area contributed by atoms with Gasteiger partial charge in [-0.3, -0.25) is 0 Å². The maximum absolute atomic E-state index is 11.6. The van der Waals surface area contributed by atoms with Crippen molar-refractivity contribution in [3.63, 3.8) is 0 Å². The minimum Gasteiger partial charge on any atom is -0.394 e. The molecule has 0 aliphatic heterocycles. The van der Waals surface area contributed by atoms with E-state index in [2.05, 4.69) is 16.6 Å². The summed E-state index contributed by atoms with van der Waals surface area (Å²) >= 11 is 0. The third kappa shape index (κ3) is 7.64. The largest absolute Gasteiger partial charge is 0.394 e. The fraction of sp³-hybridized carbons (Fsp3) is 0.769. The monoisotopic (exact) mass is 240 g/mol. The molecule has 0 saturated carbocycles. The van der Waals surface area contributed by atoms with Crippen molar-refractivity contribution in [3.8, 4) is 12.3 Å². The van der Waals surface area contributed by atoms with Crippen LogP contribution >= 0.6 is 0 Å². The van der Waals surface area contributed by atoms with E-state index >= 15 is 0 Å². The van der Waals surface area contributed by atoms with Crippen molar-refractivity contribution < 1.29 is 9.90 Å². The summed E-state index contributed by atoms with van der Waals surface area (Å²) in [5, 5.41) is 14.8. The SMILES string of the molecule is C#CCCCCNC(=O)NC(C)(CO)CCC. The normalized spacial score (nSPS) is 13.5. The van der Waals surface area contributed by atoms with E-state index in [0.29, 0.717) is 6.54 Å². The van der Waals surface area contributed by atoms with E-state index in [4.69, 9.17) is 6.42 Å². The molecule has 1 unspecified atom stereocenters. The maximum atomic E-state index is 11.6. The lowest BCUT2D eigenvalue weighted by Crippen LogP contribution is -2.52. The Balaban J connectivity index is 3.80. The molecule has 0 bridgehead atoms. The van der Waals surface area contributed by atoms with Crippen LogP contribution < -0.4 is 10.6 Å². The van der Waals surface area contributed by atoms with Gasteiger partial charge in [0.25, 0.3) is 0 Å². The quantitative estimate of drug-likeness (QED) is 0.446. The van der Waals surface area contributed by atoms with Gasteiger partial charge in [0.15, 0.2) is 0 Å². The van der Waals surface area contributed by atoms with Gasteiger partial charge in [-0.1, -0.05) is 13.3 Å². The summed E-state index contributed by atoms with van der Waals surface area (Å²) < 4.78 is 0. The molecule has 3 N–H and O–H groups in total. The van der Waals surface area contributed by atoms with Crippen LogP contribution in [0.3, 0.4) is 0 Å². The van der Waals surface area contributed by atoms with Crippen LogP contribution in [0.25, 0.3) is 0 Å². The molecule has 98 valence electrons. The van der Waals surface area contributed by atoms with Crippen LogP contribution in [0.5, 0.6) is 0 Å². The van der Waals surface area contributed by atoms with E-state index in [1.165, 1.54) is 0 Å². The minimum absolute atomic E-state index is 0.0502. The van der Waals surface area contributed by atoms with Crippen LogP contribution in [0.2, 0.25) is 0 Å². The number of carbonyl (C=O) groups excluding carboxylic acids is 1. The molecule has 17 heavy (non-hydrogen) atoms. The van der Waals surface area contributed by atoms with Gasteiger partial charge in [0, 0.05) is 13.0 Å². The first kappa shape index (κ1) is 15.8. The zero-order valence-electron chi connectivity index (χ0n) is 10.9. The van der Waals surface area contributed by atoms with Crippen molar-refractivity contribution in [2.45, 2.75) is 51.5 Å². The third-order valence-electron chi connectivity index (χ3n) is 2.60. The highest BCUT2D eigenvalue weighted by Crippen LogP contribution is 2.10. The van der Waals surface area contributed by atoms with E-state index in [9.17, 15) is 9.90 Å². The van der Waals surface area contributed by atoms with E-state index in [1.807, 2.05) is 13.8 Å². The lowest BCUT2D eigenvalue weighted by molar-refractivity contribution is 0.163. The van der Waals surface area contributed by atoms with E-state index in [0.717, 1.165) is 32.1 Å². The molecular weight excluding hydrogens is 216 g/mol. The zero-order valence-corrected chi connectivity index (χ0v) is 10.9. The fourth-order valence-electron chi connectivity index (χ4n) is 1.61. The van der Waals surface area contributed by atoms with E-state index in [-0.39, 0.29) is 12.6 Å². The first-order valence-electron chi connectivity index (χ1n) is 6.18. The zero-order chi connectivity index (χ0) is 13.1. The molecule has 0 heterocycles. The Morgan fingerprint density at radius 2 is 2.18 bits per heavy atom. The first-order chi connectivity index (χ1) is 8.08. The number of amides is 2. The summed E-state index contributed by atoms with van der Waals surface area (Å²) in [6.07, 6.45) is 9.34. The van der Waals surface area contributed by atoms with Crippen molar-refractivity contribution in [3.05, 3.63) is 0 Å². The molecule has 0 aromatic carbocycles. The molecule has 4 nitrogen and oxygen atoms in total. The molecule has 2 amide bonds. The number of aliphatic hydroxyl groups excluding tert-OH is 1. The summed E-state index contributed by atoms with van der Waals surface area (Å²) in [5.41, 5.74) is -0.530. The summed E-state index contributed by atoms with van der Waals surface area (Å²) in [4.78, 5) is 11.6. The first-order valence-corrected chi connectivity index (χ1v) is 6.18. The second kappa shape index (κ2) is 8.89. The van der Waals surface area contributed by atoms with Crippen LogP contribution in [0.4, 0.5) is 4.79 Å². The van der Waals surface area contributed by atoms with Gasteiger partial charge in [-0.15, -0.1) is 12.3 Å². The predicted octanol–water partition coefficient (Wildman–Crippen LogP) is 1.64. The molecule has 4 heteroatoms. The smallest absolute Gasteiger partial charge is 0.315 e. The predicted molar refractivity (Wildman–Crippen MR) is 69.6 cm³/mol. The summed E-state index contributed by atoms with van der Waals surface area (Å²) in [7, 11) is 0. The van der Waals surface area contributed by atoms with Gasteiger partial charge < -0.3 is 15.7 Å². The topological polar surface area (TPSA) is 61.4 Å². The van der Waals surface area contributed by atoms with Gasteiger partial charge in [-0.25, -0.2) is 4.79 Å². The third-order valence-corrected chi connectivity index (χ3v) is 2.60. The Morgan fingerprint density at radius 3 is 2.71 bits per heavy atom. The van der Waals surface area contributed by atoms with Crippen LogP contribution in [0.15, 0.2) is 0 Å². The van der Waals surface area contributed by atoms with Crippen LogP contribution in [-0.4, -0.2) is 29.8 Å². The van der Waals surface area contributed by atoms with Crippen molar-refractivity contribution in [1.29, 1.82) is 0 Å². The minimum atomic E-state index is -0.530. The number of unbranched alkanes of at least 4 members (excludes halogenated alkanes) is 2. The molecule has 0 aliphatic rings. The van der Waals surface area contributed by atoms with Gasteiger partial charge in [0.2, 0.25) is 0 Å². The molecule has 0 aromatic rings. The Labute approximate surface area is 104 Å². The molecule has 0 radical (unpaired) electrons. The average Bonchev–Trinajstić information content (AvgIpc) is 2.29. The Morgan fingerprint density at radius 1 is 1.47 bits per heavy atom. The van der Waals surface area contributed by atoms with Crippen LogP contribution in [-0.2, 0) is 0 Å². The summed E-state index contributed by atoms with van der Waals surface area (Å²) in [5.74, 6) is 2.56. The van der Waals surface area contributed by atoms with Crippen molar-refractivity contribution in [1.82, 2.24) is 10.6 Å². The standard InChI is InChI=1S/C13H24N2O2/c1-4-6-7-8-10-14-12(17)15-13(3,11-16)9-5-2/h1,16H,5-11H2,2-3H3,(H2,14,15,17). The lowest BCUT2D eigenvalue weighted by Gasteiger charge is -2.28. The number of aliphatic hydroxyl groups is 1. The highest BCUT2D eigenvalue weighted by molar-refractivity contribution is 5.74. The fourth-order valence-corrected chi connectivity index (χ4v) is 1.61. The summed E-state index contributed by atoms with van der Waals surface area (Å²) in [6, 6.07) is -0.226. The van der Waals surface area contributed by atoms with Gasteiger partial charge in [0.1, 0.15) is 0 Å². The van der Waals surface area contributed by atoms with Crippen molar-refractivity contribution in [2.24, 2.45) is 0 Å². The number of rotatable bonds is 8. The van der Waals surface area contributed by atoms with E-state index < -0.39 is 5.54 Å². The Kier molecular flexibility index (Phi) is 8.25. The number of nitrogens with one attached hydrogen (secondary N) is 2. The summed E-state index contributed by atoms with van der Waals surface area (Å²) in [6.45, 7) is 4.42. The van der Waals surface area contributed by atoms with Gasteiger partial charge in [-0.05, 0) is 26.2 Å². The van der Waals surface area contributed by atoms with E-state index in [1.54, 1.807) is 0 Å². The Hall–Kier alpha value is -1.21. The van der Waals surface area contributed by atoms with Crippen LogP contribution in [0, 0.1) is 12.3 Å². The highest BCUT2D eigenvalue weighted by Gasteiger charge is 2.23. The molecule has 0 spiro atoms. The molecule has 1 atom stereocenters. The Bertz CT molecular complexity index is 261. The second-order valence-electron chi connectivity index (χ2n) is 4.51. The molecule has 0 aliphatic carbocycles. The van der Waals surface area contributed by atoms with Gasteiger partial charge >= 0.3 is 6.03 Å². The number of hydrogen-bond donors (Lipinski definition) is 3. The molecular formula is C13H24N2O2. The van der Waals surface area contributed by atoms with Gasteiger partial charge in [-0.2, -0.15) is 0 Å². The molecule has 0 fully saturated rings. The van der Waals surface area contributed by atoms with Crippen molar-refractivity contribution in [2.75, 3.05) is 13.2 Å². The maximum Gasteiger partial charge on any atom is 0.315 e. The highest BCUT2D eigenvalue weighted by atomic mass is 16.3. The number of urea groups is 1. The van der Waals surface area contributed by atoms with Crippen molar-refractivity contribution >= 4 is 6.03 Å². The number of terminal acetylenes is 1. The molecule has 0 saturated heterocycles. The van der Waals surface area contributed by atoms with Gasteiger partial charge in [0.05, 0.1) is 12.1 Å². The molecule has 0 rings (SSSR count). The average molecular weight is 240 g/mol. The number of hydrogen-bond acceptors (Lipinski definition) is 2. The molecule has 0 aromatic heterocycles.